The minimum absolute atomic E-state index is 0.100. The molecule has 1 aliphatic rings. The van der Waals surface area contributed by atoms with Crippen molar-refractivity contribution in [3.05, 3.63) is 0 Å². The molecule has 1 aliphatic heterocycles. The molecule has 0 aromatic rings. The summed E-state index contributed by atoms with van der Waals surface area (Å²) in [6, 6.07) is -0.128. The molecule has 1 heterocycles. The molecule has 98 valence electrons. The van der Waals surface area contributed by atoms with E-state index in [2.05, 4.69) is 5.32 Å². The van der Waals surface area contributed by atoms with Gasteiger partial charge < -0.3 is 20.1 Å². The molecule has 1 fully saturated rings. The second-order valence-electron chi connectivity index (χ2n) is 4.19. The zero-order valence-corrected chi connectivity index (χ0v) is 10.1. The third kappa shape index (κ3) is 5.04. The van der Waals surface area contributed by atoms with Gasteiger partial charge in [-0.15, -0.1) is 0 Å². The predicted octanol–water partition coefficient (Wildman–Crippen LogP) is 0.672. The molecule has 0 radical (unpaired) electrons. The Morgan fingerprint density at radius 3 is 2.53 bits per heavy atom. The fourth-order valence-electron chi connectivity index (χ4n) is 1.84. The Hall–Kier alpha value is -1.30. The van der Waals surface area contributed by atoms with Crippen LogP contribution in [0.1, 0.15) is 25.7 Å². The summed E-state index contributed by atoms with van der Waals surface area (Å²) in [5, 5.41) is 11.3. The van der Waals surface area contributed by atoms with E-state index in [1.165, 1.54) is 13.5 Å². The highest BCUT2D eigenvalue weighted by atomic mass is 16.5. The molecular weight excluding hydrogens is 224 g/mol. The number of aliphatic carboxylic acids is 1. The maximum absolute atomic E-state index is 11.7. The van der Waals surface area contributed by atoms with Gasteiger partial charge in [0.05, 0.1) is 12.5 Å². The summed E-state index contributed by atoms with van der Waals surface area (Å²) in [6.07, 6.45) is 2.67. The summed E-state index contributed by atoms with van der Waals surface area (Å²) in [4.78, 5) is 24.0. The van der Waals surface area contributed by atoms with Crippen LogP contribution in [0, 0.1) is 0 Å². The standard InChI is InChI=1S/C11H20N2O4/c1-17-9(7-10(14)15)8-12-11(16)13-5-3-2-4-6-13/h9H,2-8H2,1H3,(H,12,16)(H,14,15). The van der Waals surface area contributed by atoms with Crippen molar-refractivity contribution < 1.29 is 19.4 Å². The average molecular weight is 244 g/mol. The fraction of sp³-hybridized carbons (Fsp3) is 0.818. The maximum atomic E-state index is 11.7. The number of rotatable bonds is 5. The number of methoxy groups -OCH3 is 1. The number of piperidine rings is 1. The average Bonchev–Trinajstić information content (AvgIpc) is 2.34. The van der Waals surface area contributed by atoms with Gasteiger partial charge in [-0.3, -0.25) is 4.79 Å². The van der Waals surface area contributed by atoms with Crippen LogP contribution in [0.4, 0.5) is 4.79 Å². The molecule has 2 N–H and O–H groups in total. The van der Waals surface area contributed by atoms with Gasteiger partial charge >= 0.3 is 12.0 Å². The van der Waals surface area contributed by atoms with Gasteiger partial charge in [0.1, 0.15) is 0 Å². The van der Waals surface area contributed by atoms with Crippen molar-refractivity contribution in [2.75, 3.05) is 26.7 Å². The number of ether oxygens (including phenoxy) is 1. The molecule has 0 spiro atoms. The van der Waals surface area contributed by atoms with Crippen molar-refractivity contribution in [2.45, 2.75) is 31.8 Å². The number of carbonyl (C=O) groups excluding carboxylic acids is 1. The number of amides is 2. The molecule has 1 saturated heterocycles. The molecule has 0 aliphatic carbocycles. The van der Waals surface area contributed by atoms with E-state index in [9.17, 15) is 9.59 Å². The summed E-state index contributed by atoms with van der Waals surface area (Å²) < 4.78 is 4.98. The normalized spacial score (nSPS) is 17.6. The number of urea groups is 1. The lowest BCUT2D eigenvalue weighted by molar-refractivity contribution is -0.139. The first kappa shape index (κ1) is 13.8. The molecule has 6 heteroatoms. The van der Waals surface area contributed by atoms with Gasteiger partial charge in [-0.2, -0.15) is 0 Å². The quantitative estimate of drug-likeness (QED) is 0.745. The minimum atomic E-state index is -0.927. The first-order chi connectivity index (χ1) is 8.13. The van der Waals surface area contributed by atoms with E-state index in [1.807, 2.05) is 0 Å². The lowest BCUT2D eigenvalue weighted by Crippen LogP contribution is -2.45. The first-order valence-electron chi connectivity index (χ1n) is 5.91. The zero-order chi connectivity index (χ0) is 12.7. The van der Waals surface area contributed by atoms with Crippen LogP contribution in [0.3, 0.4) is 0 Å². The van der Waals surface area contributed by atoms with Gasteiger partial charge in [-0.05, 0) is 19.3 Å². The Morgan fingerprint density at radius 2 is 2.00 bits per heavy atom. The molecule has 17 heavy (non-hydrogen) atoms. The predicted molar refractivity (Wildman–Crippen MR) is 61.9 cm³/mol. The van der Waals surface area contributed by atoms with Crippen molar-refractivity contribution in [3.8, 4) is 0 Å². The monoisotopic (exact) mass is 244 g/mol. The molecule has 0 saturated carbocycles. The summed E-state index contributed by atoms with van der Waals surface area (Å²) in [7, 11) is 1.45. The van der Waals surface area contributed by atoms with E-state index in [0.29, 0.717) is 0 Å². The van der Waals surface area contributed by atoms with Gasteiger partial charge in [-0.25, -0.2) is 4.79 Å². The van der Waals surface area contributed by atoms with Gasteiger partial charge in [0.2, 0.25) is 0 Å². The van der Waals surface area contributed by atoms with Crippen molar-refractivity contribution in [2.24, 2.45) is 0 Å². The Balaban J connectivity index is 2.27. The number of carboxylic acid groups (broad SMARTS) is 1. The number of hydrogen-bond donors (Lipinski definition) is 2. The zero-order valence-electron chi connectivity index (χ0n) is 10.1. The Morgan fingerprint density at radius 1 is 1.35 bits per heavy atom. The number of nitrogens with zero attached hydrogens (tertiary/aromatic N) is 1. The fourth-order valence-corrected chi connectivity index (χ4v) is 1.84. The smallest absolute Gasteiger partial charge is 0.317 e. The minimum Gasteiger partial charge on any atom is -0.481 e. The molecule has 6 nitrogen and oxygen atoms in total. The van der Waals surface area contributed by atoms with E-state index < -0.39 is 12.1 Å². The third-order valence-electron chi connectivity index (χ3n) is 2.86. The van der Waals surface area contributed by atoms with Crippen LogP contribution in [-0.2, 0) is 9.53 Å². The Labute approximate surface area is 101 Å². The van der Waals surface area contributed by atoms with E-state index in [4.69, 9.17) is 9.84 Å². The number of nitrogens with one attached hydrogen (secondary N) is 1. The molecule has 0 aromatic heterocycles. The Kier molecular flexibility index (Phi) is 5.76. The lowest BCUT2D eigenvalue weighted by atomic mass is 10.1. The van der Waals surface area contributed by atoms with Crippen LogP contribution in [0.25, 0.3) is 0 Å². The lowest BCUT2D eigenvalue weighted by Gasteiger charge is -2.27. The van der Waals surface area contributed by atoms with Gasteiger partial charge in [-0.1, -0.05) is 0 Å². The van der Waals surface area contributed by atoms with Crippen LogP contribution < -0.4 is 5.32 Å². The topological polar surface area (TPSA) is 78.9 Å². The van der Waals surface area contributed by atoms with Gasteiger partial charge in [0.25, 0.3) is 0 Å². The Bertz CT molecular complexity index is 264. The van der Waals surface area contributed by atoms with Crippen LogP contribution in [-0.4, -0.2) is 54.9 Å². The van der Waals surface area contributed by atoms with Crippen LogP contribution in [0.5, 0.6) is 0 Å². The molecular formula is C11H20N2O4. The van der Waals surface area contributed by atoms with Crippen LogP contribution in [0.2, 0.25) is 0 Å². The second-order valence-corrected chi connectivity index (χ2v) is 4.19. The molecule has 1 unspecified atom stereocenters. The highest BCUT2D eigenvalue weighted by Gasteiger charge is 2.18. The van der Waals surface area contributed by atoms with Crippen molar-refractivity contribution >= 4 is 12.0 Å². The highest BCUT2D eigenvalue weighted by molar-refractivity contribution is 5.74. The summed E-state index contributed by atoms with van der Waals surface area (Å²) in [6.45, 7) is 1.79. The van der Waals surface area contributed by atoms with E-state index in [-0.39, 0.29) is 19.0 Å². The molecule has 0 aromatic carbocycles. The molecule has 1 atom stereocenters. The van der Waals surface area contributed by atoms with Crippen molar-refractivity contribution in [1.82, 2.24) is 10.2 Å². The van der Waals surface area contributed by atoms with Crippen LogP contribution >= 0.6 is 0 Å². The van der Waals surface area contributed by atoms with E-state index in [1.54, 1.807) is 4.90 Å². The molecule has 1 rings (SSSR count). The van der Waals surface area contributed by atoms with E-state index >= 15 is 0 Å². The number of hydrogen-bond acceptors (Lipinski definition) is 3. The van der Waals surface area contributed by atoms with Crippen molar-refractivity contribution in [3.63, 3.8) is 0 Å². The summed E-state index contributed by atoms with van der Waals surface area (Å²) in [5.74, 6) is -0.927. The summed E-state index contributed by atoms with van der Waals surface area (Å²) >= 11 is 0. The molecule has 0 bridgehead atoms. The number of carboxylic acids is 1. The van der Waals surface area contributed by atoms with Crippen molar-refractivity contribution in [1.29, 1.82) is 0 Å². The number of likely N-dealkylation sites (tertiary alicyclic amines) is 1. The first-order valence-corrected chi connectivity index (χ1v) is 5.91. The van der Waals surface area contributed by atoms with Crippen LogP contribution in [0.15, 0.2) is 0 Å². The largest absolute Gasteiger partial charge is 0.481 e. The maximum Gasteiger partial charge on any atom is 0.317 e. The van der Waals surface area contributed by atoms with Gasteiger partial charge in [0, 0.05) is 26.7 Å². The molecule has 2 amide bonds. The van der Waals surface area contributed by atoms with E-state index in [0.717, 1.165) is 25.9 Å². The van der Waals surface area contributed by atoms with Gasteiger partial charge in [0.15, 0.2) is 0 Å². The third-order valence-corrected chi connectivity index (χ3v) is 2.86. The SMILES string of the molecule is COC(CNC(=O)N1CCCCC1)CC(=O)O. The highest BCUT2D eigenvalue weighted by Crippen LogP contribution is 2.08. The second kappa shape index (κ2) is 7.11. The number of carbonyl (C=O) groups is 2. The summed E-state index contributed by atoms with van der Waals surface area (Å²) in [5.41, 5.74) is 0.